The predicted molar refractivity (Wildman–Crippen MR) is 82.2 cm³/mol. The van der Waals surface area contributed by atoms with Crippen molar-refractivity contribution in [2.45, 2.75) is 11.5 Å². The second-order valence-electron chi connectivity index (χ2n) is 4.02. The third kappa shape index (κ3) is 3.62. The molecule has 0 spiro atoms. The van der Waals surface area contributed by atoms with Crippen LogP contribution in [0.15, 0.2) is 39.0 Å². The van der Waals surface area contributed by atoms with Crippen molar-refractivity contribution in [3.8, 4) is 0 Å². The van der Waals surface area contributed by atoms with E-state index in [0.29, 0.717) is 5.56 Å². The molecule has 21 heavy (non-hydrogen) atoms. The Balaban J connectivity index is 2.36. The molecule has 2 rings (SSSR count). The maximum atomic E-state index is 12.3. The average molecular weight is 392 g/mol. The number of carboxylic acid groups (broad SMARTS) is 1. The lowest BCUT2D eigenvalue weighted by molar-refractivity contribution is 0.0702. The van der Waals surface area contributed by atoms with Gasteiger partial charge in [0.1, 0.15) is 9.77 Å². The minimum Gasteiger partial charge on any atom is -0.477 e. The monoisotopic (exact) mass is 391 g/mol. The molecule has 0 radical (unpaired) electrons. The zero-order valence-corrected chi connectivity index (χ0v) is 13.6. The minimum atomic E-state index is -3.91. The molecular weight excluding hydrogens is 382 g/mol. The van der Waals surface area contributed by atoms with Gasteiger partial charge in [-0.15, -0.1) is 11.3 Å². The summed E-state index contributed by atoms with van der Waals surface area (Å²) in [5.74, 6) is -1.19. The van der Waals surface area contributed by atoms with E-state index >= 15 is 0 Å². The summed E-state index contributed by atoms with van der Waals surface area (Å²) in [7, 11) is -3.91. The molecule has 112 valence electrons. The number of rotatable bonds is 5. The molecular formula is C12H10BrNO5S2. The zero-order valence-electron chi connectivity index (χ0n) is 10.4. The minimum absolute atomic E-state index is 0.0774. The van der Waals surface area contributed by atoms with Crippen molar-refractivity contribution in [2.75, 3.05) is 4.72 Å². The van der Waals surface area contributed by atoms with E-state index in [1.807, 2.05) is 0 Å². The molecule has 0 aliphatic rings. The van der Waals surface area contributed by atoms with Crippen LogP contribution in [0.25, 0.3) is 0 Å². The van der Waals surface area contributed by atoms with Gasteiger partial charge in [0.25, 0.3) is 10.0 Å². The van der Waals surface area contributed by atoms with E-state index in [0.717, 1.165) is 17.4 Å². The molecule has 1 aromatic carbocycles. The smallest absolute Gasteiger partial charge is 0.345 e. The van der Waals surface area contributed by atoms with E-state index in [-0.39, 0.29) is 25.9 Å². The van der Waals surface area contributed by atoms with Crippen molar-refractivity contribution in [3.63, 3.8) is 0 Å². The SMILES string of the molecule is O=C(O)c1cc(S(=O)(=O)Nc2cccc(CO)c2)c(Br)s1. The Morgan fingerprint density at radius 2 is 2.05 bits per heavy atom. The summed E-state index contributed by atoms with van der Waals surface area (Å²) >= 11 is 3.88. The second kappa shape index (κ2) is 6.14. The topological polar surface area (TPSA) is 104 Å². The fourth-order valence-electron chi connectivity index (χ4n) is 1.58. The summed E-state index contributed by atoms with van der Waals surface area (Å²) in [5, 5.41) is 17.9. The summed E-state index contributed by atoms with van der Waals surface area (Å²) in [6.07, 6.45) is 0. The number of aromatic carboxylic acids is 1. The Kier molecular flexibility index (Phi) is 4.67. The van der Waals surface area contributed by atoms with Crippen molar-refractivity contribution < 1.29 is 23.4 Å². The van der Waals surface area contributed by atoms with E-state index in [4.69, 9.17) is 10.2 Å². The summed E-state index contributed by atoms with van der Waals surface area (Å²) in [6, 6.07) is 7.38. The molecule has 2 aromatic rings. The van der Waals surface area contributed by atoms with E-state index in [1.54, 1.807) is 12.1 Å². The molecule has 0 aliphatic carbocycles. The molecule has 9 heteroatoms. The molecule has 3 N–H and O–H groups in total. The first-order chi connectivity index (χ1) is 9.83. The lowest BCUT2D eigenvalue weighted by Crippen LogP contribution is -2.12. The Bertz CT molecular complexity index is 785. The first kappa shape index (κ1) is 16.0. The Morgan fingerprint density at radius 1 is 1.33 bits per heavy atom. The van der Waals surface area contributed by atoms with Gasteiger partial charge in [0, 0.05) is 5.69 Å². The summed E-state index contributed by atoms with van der Waals surface area (Å²) in [4.78, 5) is 10.7. The Labute approximate surface area is 133 Å². The van der Waals surface area contributed by atoms with Gasteiger partial charge in [-0.2, -0.15) is 0 Å². The van der Waals surface area contributed by atoms with Crippen LogP contribution < -0.4 is 4.72 Å². The average Bonchev–Trinajstić information content (AvgIpc) is 2.81. The maximum Gasteiger partial charge on any atom is 0.345 e. The summed E-state index contributed by atoms with van der Waals surface area (Å²) in [6.45, 7) is -0.207. The Morgan fingerprint density at radius 3 is 2.62 bits per heavy atom. The predicted octanol–water partition coefficient (Wildman–Crippen LogP) is 2.50. The standard InChI is InChI=1S/C12H10BrNO5S2/c13-11-10(5-9(20-11)12(16)17)21(18,19)14-8-3-1-2-7(4-8)6-15/h1-5,14-15H,6H2,(H,16,17). The molecule has 0 atom stereocenters. The van der Waals surface area contributed by atoms with Crippen LogP contribution in [-0.4, -0.2) is 24.6 Å². The molecule has 0 saturated heterocycles. The van der Waals surface area contributed by atoms with E-state index in [2.05, 4.69) is 20.7 Å². The van der Waals surface area contributed by atoms with Gasteiger partial charge in [-0.05, 0) is 39.7 Å². The number of aliphatic hydroxyl groups is 1. The van der Waals surface area contributed by atoms with Crippen LogP contribution in [0.1, 0.15) is 15.2 Å². The van der Waals surface area contributed by atoms with Crippen molar-refractivity contribution in [3.05, 3.63) is 44.6 Å². The highest BCUT2D eigenvalue weighted by molar-refractivity contribution is 9.11. The Hall–Kier alpha value is -1.42. The number of hydrogen-bond donors (Lipinski definition) is 3. The summed E-state index contributed by atoms with van der Waals surface area (Å²) in [5.41, 5.74) is 0.849. The zero-order chi connectivity index (χ0) is 15.6. The molecule has 1 heterocycles. The normalized spacial score (nSPS) is 11.3. The fraction of sp³-hybridized carbons (Fsp3) is 0.0833. The molecule has 6 nitrogen and oxygen atoms in total. The number of thiophene rings is 1. The van der Waals surface area contributed by atoms with Gasteiger partial charge >= 0.3 is 5.97 Å². The van der Waals surface area contributed by atoms with Gasteiger partial charge in [0.15, 0.2) is 0 Å². The first-order valence-corrected chi connectivity index (χ1v) is 8.68. The molecule has 0 bridgehead atoms. The van der Waals surface area contributed by atoms with Crippen molar-refractivity contribution in [1.29, 1.82) is 0 Å². The van der Waals surface area contributed by atoms with E-state index in [9.17, 15) is 13.2 Å². The largest absolute Gasteiger partial charge is 0.477 e. The molecule has 0 fully saturated rings. The van der Waals surface area contributed by atoms with Gasteiger partial charge in [-0.3, -0.25) is 4.72 Å². The van der Waals surface area contributed by atoms with E-state index in [1.165, 1.54) is 12.1 Å². The third-order valence-corrected chi connectivity index (χ3v) is 6.14. The number of carboxylic acids is 1. The highest BCUT2D eigenvalue weighted by Crippen LogP contribution is 2.32. The molecule has 0 amide bonds. The van der Waals surface area contributed by atoms with Crippen LogP contribution in [0.3, 0.4) is 0 Å². The number of hydrogen-bond acceptors (Lipinski definition) is 5. The van der Waals surface area contributed by atoms with Gasteiger partial charge in [-0.25, -0.2) is 13.2 Å². The van der Waals surface area contributed by atoms with Gasteiger partial charge in [0.05, 0.1) is 10.4 Å². The number of aliphatic hydroxyl groups excluding tert-OH is 1. The maximum absolute atomic E-state index is 12.3. The molecule has 0 aliphatic heterocycles. The highest BCUT2D eigenvalue weighted by atomic mass is 79.9. The lowest BCUT2D eigenvalue weighted by Gasteiger charge is -2.08. The third-order valence-electron chi connectivity index (χ3n) is 2.52. The van der Waals surface area contributed by atoms with Crippen molar-refractivity contribution in [1.82, 2.24) is 0 Å². The number of nitrogens with one attached hydrogen (secondary N) is 1. The number of carbonyl (C=O) groups is 1. The van der Waals surface area contributed by atoms with Gasteiger partial charge in [-0.1, -0.05) is 12.1 Å². The van der Waals surface area contributed by atoms with Crippen LogP contribution in [0.4, 0.5) is 5.69 Å². The number of halogens is 1. The number of sulfonamides is 1. The molecule has 0 saturated carbocycles. The first-order valence-electron chi connectivity index (χ1n) is 5.59. The second-order valence-corrected chi connectivity index (χ2v) is 8.04. The van der Waals surface area contributed by atoms with Crippen molar-refractivity contribution >= 4 is 48.9 Å². The number of anilines is 1. The van der Waals surface area contributed by atoms with Gasteiger partial charge < -0.3 is 10.2 Å². The number of benzene rings is 1. The quantitative estimate of drug-likeness (QED) is 0.726. The van der Waals surface area contributed by atoms with Crippen LogP contribution >= 0.6 is 27.3 Å². The lowest BCUT2D eigenvalue weighted by atomic mass is 10.2. The summed E-state index contributed by atoms with van der Waals surface area (Å²) < 4.78 is 27.1. The van der Waals surface area contributed by atoms with Crippen LogP contribution in [0.2, 0.25) is 0 Å². The molecule has 1 aromatic heterocycles. The molecule has 0 unspecified atom stereocenters. The van der Waals surface area contributed by atoms with Crippen LogP contribution in [0.5, 0.6) is 0 Å². The highest BCUT2D eigenvalue weighted by Gasteiger charge is 2.23. The van der Waals surface area contributed by atoms with Crippen molar-refractivity contribution in [2.24, 2.45) is 0 Å². The van der Waals surface area contributed by atoms with Crippen LogP contribution in [0, 0.1) is 0 Å². The fourth-order valence-corrected chi connectivity index (χ4v) is 5.04. The van der Waals surface area contributed by atoms with Crippen LogP contribution in [-0.2, 0) is 16.6 Å². The van der Waals surface area contributed by atoms with Gasteiger partial charge in [0.2, 0.25) is 0 Å². The van der Waals surface area contributed by atoms with E-state index < -0.39 is 16.0 Å².